The molecule has 1 aliphatic heterocycles. The molecule has 1 aromatic rings. The molecule has 1 atom stereocenters. The highest BCUT2D eigenvalue weighted by molar-refractivity contribution is 5.85. The van der Waals surface area contributed by atoms with Crippen LogP contribution in [0, 0.1) is 0 Å². The van der Waals surface area contributed by atoms with Crippen molar-refractivity contribution in [3.63, 3.8) is 0 Å². The van der Waals surface area contributed by atoms with Gasteiger partial charge in [-0.3, -0.25) is 0 Å². The molecule has 0 saturated heterocycles. The van der Waals surface area contributed by atoms with E-state index in [1.165, 1.54) is 0 Å². The summed E-state index contributed by atoms with van der Waals surface area (Å²) in [5.74, 6) is 1.71. The topological polar surface area (TPSA) is 34.1 Å². The summed E-state index contributed by atoms with van der Waals surface area (Å²) in [5.41, 5.74) is 0. The van der Waals surface area contributed by atoms with Gasteiger partial charge in [0.2, 0.25) is 0 Å². The van der Waals surface area contributed by atoms with Crippen molar-refractivity contribution in [3.8, 4) is 5.75 Å². The first kappa shape index (κ1) is 9.13. The van der Waals surface area contributed by atoms with Crippen molar-refractivity contribution in [2.75, 3.05) is 11.9 Å². The van der Waals surface area contributed by atoms with E-state index in [0.29, 0.717) is 6.04 Å². The first-order valence-electron chi connectivity index (χ1n) is 3.70. The number of anilines is 1. The van der Waals surface area contributed by atoms with Gasteiger partial charge in [0, 0.05) is 6.20 Å². The Kier molecular flexibility index (Phi) is 2.76. The zero-order chi connectivity index (χ0) is 7.68. The first-order chi connectivity index (χ1) is 5.36. The standard InChI is InChI=1S/C8H10N2O.ClH/c1-6-5-11-7-3-2-4-9-8(7)10-6;/h2-4,6H,5H2,1H3,(H,9,10);1H/t6-;/m0./s1. The van der Waals surface area contributed by atoms with Crippen molar-refractivity contribution in [3.05, 3.63) is 18.3 Å². The molecule has 0 bridgehead atoms. The van der Waals surface area contributed by atoms with Crippen LogP contribution in [0.5, 0.6) is 5.75 Å². The third-order valence-electron chi connectivity index (χ3n) is 1.64. The van der Waals surface area contributed by atoms with Crippen LogP contribution in [-0.4, -0.2) is 17.6 Å². The molecule has 0 radical (unpaired) electrons. The number of aromatic nitrogens is 1. The lowest BCUT2D eigenvalue weighted by molar-refractivity contribution is 0.290. The molecule has 1 N–H and O–H groups in total. The molecule has 3 nitrogen and oxygen atoms in total. The summed E-state index contributed by atoms with van der Waals surface area (Å²) < 4.78 is 5.41. The Bertz CT molecular complexity index is 267. The average Bonchev–Trinajstić information content (AvgIpc) is 2.04. The van der Waals surface area contributed by atoms with Gasteiger partial charge in [0.15, 0.2) is 11.6 Å². The molecular weight excluding hydrogens is 176 g/mol. The number of ether oxygens (including phenoxy) is 1. The fraction of sp³-hybridized carbons (Fsp3) is 0.375. The maximum atomic E-state index is 5.41. The van der Waals surface area contributed by atoms with E-state index in [1.807, 2.05) is 12.1 Å². The highest BCUT2D eigenvalue weighted by Crippen LogP contribution is 2.24. The van der Waals surface area contributed by atoms with E-state index in [2.05, 4.69) is 17.2 Å². The smallest absolute Gasteiger partial charge is 0.169 e. The lowest BCUT2D eigenvalue weighted by atomic mass is 10.3. The lowest BCUT2D eigenvalue weighted by Gasteiger charge is -2.23. The van der Waals surface area contributed by atoms with Gasteiger partial charge < -0.3 is 10.1 Å². The van der Waals surface area contributed by atoms with Crippen molar-refractivity contribution < 1.29 is 4.74 Å². The second-order valence-corrected chi connectivity index (χ2v) is 2.71. The molecule has 0 fully saturated rings. The molecule has 0 aliphatic carbocycles. The largest absolute Gasteiger partial charge is 0.488 e. The Morgan fingerprint density at radius 1 is 1.67 bits per heavy atom. The van der Waals surface area contributed by atoms with Crippen molar-refractivity contribution in [1.82, 2.24) is 4.98 Å². The quantitative estimate of drug-likeness (QED) is 0.670. The van der Waals surface area contributed by atoms with E-state index in [4.69, 9.17) is 4.74 Å². The molecule has 0 unspecified atom stereocenters. The molecular formula is C8H11ClN2O. The molecule has 2 heterocycles. The Labute approximate surface area is 77.6 Å². The number of nitrogens with zero attached hydrogens (tertiary/aromatic N) is 1. The summed E-state index contributed by atoms with van der Waals surface area (Å²) in [4.78, 5) is 4.13. The maximum Gasteiger partial charge on any atom is 0.169 e. The number of nitrogens with one attached hydrogen (secondary N) is 1. The summed E-state index contributed by atoms with van der Waals surface area (Å²) in [6.45, 7) is 2.79. The molecule has 0 amide bonds. The number of halogens is 1. The predicted molar refractivity (Wildman–Crippen MR) is 50.1 cm³/mol. The monoisotopic (exact) mass is 186 g/mol. The minimum atomic E-state index is 0. The van der Waals surface area contributed by atoms with E-state index < -0.39 is 0 Å². The summed E-state index contributed by atoms with van der Waals surface area (Å²) in [7, 11) is 0. The number of pyridine rings is 1. The van der Waals surface area contributed by atoms with Crippen LogP contribution in [0.3, 0.4) is 0 Å². The van der Waals surface area contributed by atoms with Gasteiger partial charge >= 0.3 is 0 Å². The molecule has 66 valence electrons. The van der Waals surface area contributed by atoms with Gasteiger partial charge in [-0.15, -0.1) is 12.4 Å². The minimum Gasteiger partial charge on any atom is -0.488 e. The molecule has 12 heavy (non-hydrogen) atoms. The molecule has 0 spiro atoms. The van der Waals surface area contributed by atoms with Gasteiger partial charge in [0.1, 0.15) is 6.61 Å². The van der Waals surface area contributed by atoms with Gasteiger partial charge in [0.05, 0.1) is 6.04 Å². The maximum absolute atomic E-state index is 5.41. The van der Waals surface area contributed by atoms with Crippen molar-refractivity contribution in [2.45, 2.75) is 13.0 Å². The lowest BCUT2D eigenvalue weighted by Crippen LogP contribution is -2.28. The summed E-state index contributed by atoms with van der Waals surface area (Å²) >= 11 is 0. The van der Waals surface area contributed by atoms with E-state index in [9.17, 15) is 0 Å². The first-order valence-corrected chi connectivity index (χ1v) is 3.70. The average molecular weight is 187 g/mol. The number of hydrogen-bond donors (Lipinski definition) is 1. The number of hydrogen-bond acceptors (Lipinski definition) is 3. The Morgan fingerprint density at radius 3 is 3.33 bits per heavy atom. The molecule has 2 rings (SSSR count). The third-order valence-corrected chi connectivity index (χ3v) is 1.64. The molecule has 4 heteroatoms. The summed E-state index contributed by atoms with van der Waals surface area (Å²) in [6, 6.07) is 4.15. The summed E-state index contributed by atoms with van der Waals surface area (Å²) in [6.07, 6.45) is 1.76. The Morgan fingerprint density at radius 2 is 2.50 bits per heavy atom. The van der Waals surface area contributed by atoms with Gasteiger partial charge in [-0.2, -0.15) is 0 Å². The van der Waals surface area contributed by atoms with E-state index in [0.717, 1.165) is 18.2 Å². The van der Waals surface area contributed by atoms with E-state index >= 15 is 0 Å². The van der Waals surface area contributed by atoms with Crippen molar-refractivity contribution in [2.24, 2.45) is 0 Å². The van der Waals surface area contributed by atoms with E-state index in [-0.39, 0.29) is 12.4 Å². The van der Waals surface area contributed by atoms with Gasteiger partial charge in [-0.05, 0) is 19.1 Å². The Hall–Kier alpha value is -0.960. The van der Waals surface area contributed by atoms with Crippen LogP contribution in [0.25, 0.3) is 0 Å². The fourth-order valence-electron chi connectivity index (χ4n) is 1.11. The van der Waals surface area contributed by atoms with Gasteiger partial charge in [-0.1, -0.05) is 0 Å². The van der Waals surface area contributed by atoms with Gasteiger partial charge in [-0.25, -0.2) is 4.98 Å². The van der Waals surface area contributed by atoms with Crippen LogP contribution < -0.4 is 10.1 Å². The highest BCUT2D eigenvalue weighted by Gasteiger charge is 2.14. The Balaban J connectivity index is 0.000000720. The van der Waals surface area contributed by atoms with Crippen LogP contribution in [0.4, 0.5) is 5.82 Å². The molecule has 0 aromatic carbocycles. The van der Waals surface area contributed by atoms with Crippen LogP contribution in [0.15, 0.2) is 18.3 Å². The normalized spacial score (nSPS) is 19.6. The van der Waals surface area contributed by atoms with Crippen LogP contribution in [0.2, 0.25) is 0 Å². The predicted octanol–water partition coefficient (Wildman–Crippen LogP) is 1.70. The van der Waals surface area contributed by atoms with E-state index in [1.54, 1.807) is 6.20 Å². The molecule has 1 aliphatic rings. The van der Waals surface area contributed by atoms with Crippen molar-refractivity contribution >= 4 is 18.2 Å². The molecule has 1 aromatic heterocycles. The highest BCUT2D eigenvalue weighted by atomic mass is 35.5. The van der Waals surface area contributed by atoms with Crippen molar-refractivity contribution in [1.29, 1.82) is 0 Å². The zero-order valence-corrected chi connectivity index (χ0v) is 7.60. The number of rotatable bonds is 0. The summed E-state index contributed by atoms with van der Waals surface area (Å²) in [5, 5.41) is 3.22. The third kappa shape index (κ3) is 1.61. The second-order valence-electron chi connectivity index (χ2n) is 2.71. The fourth-order valence-corrected chi connectivity index (χ4v) is 1.11. The van der Waals surface area contributed by atoms with Crippen LogP contribution in [0.1, 0.15) is 6.92 Å². The minimum absolute atomic E-state index is 0. The second kappa shape index (κ2) is 3.63. The SMILES string of the molecule is C[C@H]1COc2cccnc2N1.Cl. The van der Waals surface area contributed by atoms with Crippen LogP contribution in [-0.2, 0) is 0 Å². The molecule has 0 saturated carbocycles. The van der Waals surface area contributed by atoms with Crippen LogP contribution >= 0.6 is 12.4 Å². The zero-order valence-electron chi connectivity index (χ0n) is 6.78. The van der Waals surface area contributed by atoms with Gasteiger partial charge in [0.25, 0.3) is 0 Å². The number of fused-ring (bicyclic) bond motifs is 1.